The van der Waals surface area contributed by atoms with Gasteiger partial charge in [-0.2, -0.15) is 0 Å². The first-order valence-corrected chi connectivity index (χ1v) is 0. The van der Waals surface area contributed by atoms with Gasteiger partial charge >= 0.3 is 0 Å². The minimum atomic E-state index is 0. The van der Waals surface area contributed by atoms with Crippen molar-refractivity contribution in [2.24, 2.45) is 0 Å². The SMILES string of the molecule is [Md].[Md].[O-2].[O-2].[O-2]. The first kappa shape index (κ1) is 2.26. The van der Waals surface area contributed by atoms with E-state index < -0.39 is 0 Å². The molecule has 0 saturated heterocycles. The van der Waals surface area contributed by atoms with Gasteiger partial charge in [-0.15, -0.1) is 0 Å². The molecule has 0 atom stereocenters. The summed E-state index contributed by atoms with van der Waals surface area (Å²) in [5.41, 5.74) is 0. The van der Waals surface area contributed by atoms with Crippen LogP contribution in [0.1, 0.15) is 0 Å². The summed E-state index contributed by atoms with van der Waals surface area (Å²) in [6, 6.07) is 0. The van der Waals surface area contributed by atoms with Crippen LogP contribution in [0.5, 0.6) is 0 Å². The smallest absolute Gasteiger partial charge is 0 e. The Labute approximate surface area is 17.8 Å². The van der Waals surface area contributed by atoms with E-state index in [9.17, 15) is 0 Å². The van der Waals surface area contributed by atoms with Crippen molar-refractivity contribution in [3.63, 3.8) is 0 Å². The Morgan fingerprint density at radius 3 is 0.400 bits per heavy atom. The van der Waals surface area contributed by atoms with Gasteiger partial charge in [0.05, 0.1) is 0 Å². The van der Waals surface area contributed by atoms with E-state index in [0.717, 1.165) is 0 Å². The largest absolute Gasteiger partial charge is 2.00 e. The molecule has 0 heterocycles. The van der Waals surface area contributed by atoms with Crippen molar-refractivity contribution in [2.75, 3.05) is 0 Å². The van der Waals surface area contributed by atoms with Gasteiger partial charge < -0.3 is 16.4 Å². The maximum absolute atomic E-state index is 0. The molecule has 3 nitrogen and oxygen atoms in total. The van der Waals surface area contributed by atoms with Crippen molar-refractivity contribution >= 4 is 0 Å². The maximum Gasteiger partial charge on any atom is 0 e. The van der Waals surface area contributed by atoms with Gasteiger partial charge in [-0.05, 0) is 0 Å². The predicted octanol–water partition coefficient (Wildman–Crippen LogP) is -0.356. The molecule has 0 aliphatic rings. The molecule has 0 N–H and O–H groups in total. The molecule has 0 unspecified atom stereocenters. The molecular formula is Md2O3-6. The number of hydrogen-bond acceptors (Lipinski definition) is 0. The summed E-state index contributed by atoms with van der Waals surface area (Å²) in [5.74, 6) is 0. The molecule has 50 valence electrons. The van der Waals surface area contributed by atoms with Gasteiger partial charge in [0.25, 0.3) is 0 Å². The van der Waals surface area contributed by atoms with E-state index in [2.05, 4.69) is 0 Å². The van der Waals surface area contributed by atoms with Crippen LogP contribution in [0.4, 0.5) is 0 Å². The van der Waals surface area contributed by atoms with Gasteiger partial charge in [0.2, 0.25) is 0 Å². The summed E-state index contributed by atoms with van der Waals surface area (Å²) in [5, 5.41) is 0. The van der Waals surface area contributed by atoms with E-state index in [0.29, 0.717) is 0 Å². The third-order valence-corrected chi connectivity index (χ3v) is 0. The first-order valence-electron chi connectivity index (χ1n) is 0. The Bertz CT molecular complexity index is 4.85. The first-order chi connectivity index (χ1) is 0. The summed E-state index contributed by atoms with van der Waals surface area (Å²) in [6.07, 6.45) is 0. The molecule has 0 amide bonds. The Hall–Kier alpha value is -2.12. The Morgan fingerprint density at radius 2 is 0.400 bits per heavy atom. The van der Waals surface area contributed by atoms with Crippen LogP contribution >= 0.6 is 0 Å². The van der Waals surface area contributed by atoms with Gasteiger partial charge in [0, 0.05) is 0 Å². The molecule has 0 aliphatic carbocycles. The van der Waals surface area contributed by atoms with Crippen LogP contribution in [-0.2, 0) is 16.4 Å². The van der Waals surface area contributed by atoms with Crippen molar-refractivity contribution in [3.8, 4) is 0 Å². The predicted molar refractivity (Wildman–Crippen MR) is 2.06 cm³/mol. The molecule has 0 aromatic carbocycles. The van der Waals surface area contributed by atoms with Crippen molar-refractivity contribution in [1.82, 2.24) is 0 Å². The van der Waals surface area contributed by atoms with Crippen LogP contribution in [0.15, 0.2) is 0 Å². The van der Waals surface area contributed by atoms with Crippen LogP contribution in [-0.4, -0.2) is 0 Å². The minimum absolute atomic E-state index is 0. The second-order valence-corrected chi connectivity index (χ2v) is 0. The van der Waals surface area contributed by atoms with E-state index in [1.807, 2.05) is 0 Å². The van der Waals surface area contributed by atoms with Crippen LogP contribution in [0.3, 0.4) is 0 Å². The summed E-state index contributed by atoms with van der Waals surface area (Å²) in [6.45, 7) is 0. The normalized spacial score (nSPS) is 0. The summed E-state index contributed by atoms with van der Waals surface area (Å²) in [7, 11) is 0. The molecule has 0 aromatic heterocycles. The molecule has 5 heteroatoms. The van der Waals surface area contributed by atoms with Gasteiger partial charge in [-0.25, -0.2) is 0 Å². The zero-order valence-corrected chi connectivity index (χ0v) is 6.40. The van der Waals surface area contributed by atoms with Crippen LogP contribution < -0.4 is 0 Å². The van der Waals surface area contributed by atoms with Gasteiger partial charge in [-0.1, -0.05) is 0 Å². The molecule has 0 aromatic rings. The van der Waals surface area contributed by atoms with E-state index in [1.165, 1.54) is 0 Å². The molecule has 0 rings (SSSR count). The average molecular weight is 564 g/mol. The fraction of sp³-hybridized carbons (Fsp3) is 0. The number of hydrogen-bond donors (Lipinski definition) is 0. The Kier molecular flexibility index (Phi) is 0.147. The molecule has 0 spiro atoms. The maximum atomic E-state index is 0. The molecule has 0 bridgehead atoms. The van der Waals surface area contributed by atoms with Gasteiger partial charge in [-0.3, -0.25) is 0 Å². The van der Waals surface area contributed by atoms with Crippen LogP contribution in [0.2, 0.25) is 0 Å². The summed E-state index contributed by atoms with van der Waals surface area (Å²) >= 11 is 0. The van der Waals surface area contributed by atoms with Crippen molar-refractivity contribution in [2.45, 2.75) is 0 Å². The monoisotopic (exact) mass is 564 g/mol. The minimum Gasteiger partial charge on any atom is -2.00 e. The second kappa shape index (κ2) is 0.324. The topological polar surface area (TPSA) is 85.5 Å². The molecule has 0 fully saturated rings. The van der Waals surface area contributed by atoms with E-state index in [-0.39, 0.29) is 16.4 Å². The summed E-state index contributed by atoms with van der Waals surface area (Å²) in [4.78, 5) is 0. The fourth-order valence-electron chi connectivity index (χ4n) is 0. The average Bonchev–Trinajstić information content (AvgIpc) is 0. The zero-order chi connectivity index (χ0) is 0. The molecule has 0 saturated carbocycles. The third-order valence-electron chi connectivity index (χ3n) is 0. The number of rotatable bonds is 0. The Balaban J connectivity index is 0. The third kappa shape index (κ3) is 0.00602. The second-order valence-electron chi connectivity index (χ2n) is 0. The molecule has 2 radical (unpaired) electrons. The van der Waals surface area contributed by atoms with Gasteiger partial charge in [0.1, 0.15) is 0 Å². The molecule has 5 heavy (non-hydrogen) atoms. The van der Waals surface area contributed by atoms with Crippen molar-refractivity contribution in [3.05, 3.63) is 0 Å². The van der Waals surface area contributed by atoms with Crippen molar-refractivity contribution < 1.29 is 16.4 Å². The molecular weight excluding hydrogens is 564 g/mol. The standard InChI is InChI=1S/2Md.3O/q;;3*-2. The van der Waals surface area contributed by atoms with Crippen LogP contribution in [0, 0.1) is 0 Å². The van der Waals surface area contributed by atoms with Crippen LogP contribution in [0.25, 0.3) is 0 Å². The molecule has 0 aliphatic heterocycles. The zero-order valence-electron chi connectivity index (χ0n) is 1.78. The fourth-order valence-corrected chi connectivity index (χ4v) is 0. The van der Waals surface area contributed by atoms with Crippen molar-refractivity contribution in [1.29, 1.82) is 0 Å². The summed E-state index contributed by atoms with van der Waals surface area (Å²) < 4.78 is 0. The van der Waals surface area contributed by atoms with Gasteiger partial charge in [0.15, 0.2) is 0 Å². The van der Waals surface area contributed by atoms with E-state index in [1.54, 1.807) is 0 Å². The van der Waals surface area contributed by atoms with E-state index in [4.69, 9.17) is 0 Å². The van der Waals surface area contributed by atoms with E-state index >= 15 is 0 Å². The Morgan fingerprint density at radius 1 is 0.400 bits per heavy atom. The quantitative estimate of drug-likeness (QED) is 0.386.